The van der Waals surface area contributed by atoms with E-state index in [0.29, 0.717) is 12.3 Å². The maximum atomic E-state index is 11.5. The molecule has 5 heteroatoms. The molecule has 0 amide bonds. The molecule has 16 heavy (non-hydrogen) atoms. The van der Waals surface area contributed by atoms with Crippen molar-refractivity contribution in [1.29, 1.82) is 0 Å². The summed E-state index contributed by atoms with van der Waals surface area (Å²) in [6.45, 7) is 5.67. The summed E-state index contributed by atoms with van der Waals surface area (Å²) in [4.78, 5) is 15.3. The third-order valence-electron chi connectivity index (χ3n) is 2.42. The molecule has 0 unspecified atom stereocenters. The number of nitrogens with zero attached hydrogens (tertiary/aromatic N) is 2. The molecular weight excluding hydrogens is 208 g/mol. The topological polar surface area (TPSA) is 68.3 Å². The number of hydrogen-bond acceptors (Lipinski definition) is 4. The summed E-state index contributed by atoms with van der Waals surface area (Å²) in [5, 5.41) is 10.5. The van der Waals surface area contributed by atoms with Crippen LogP contribution < -0.4 is 5.69 Å². The van der Waals surface area contributed by atoms with Gasteiger partial charge in [0.1, 0.15) is 11.4 Å². The van der Waals surface area contributed by atoms with E-state index < -0.39 is 5.60 Å². The minimum absolute atomic E-state index is 0.270. The summed E-state index contributed by atoms with van der Waals surface area (Å²) in [5.41, 5.74) is -1.14. The molecule has 2 rings (SSSR count). The van der Waals surface area contributed by atoms with Crippen molar-refractivity contribution in [3.8, 4) is 0 Å². The van der Waals surface area contributed by atoms with Crippen LogP contribution in [-0.2, 0) is 12.1 Å². The molecule has 0 saturated carbocycles. The molecule has 0 aliphatic heterocycles. The normalized spacial score (nSPS) is 12.2. The van der Waals surface area contributed by atoms with E-state index in [0.717, 1.165) is 5.39 Å². The van der Waals surface area contributed by atoms with Crippen LogP contribution in [0.25, 0.3) is 11.1 Å². The molecule has 2 aromatic rings. The number of fused-ring (bicyclic) bond motifs is 1. The predicted molar refractivity (Wildman–Crippen MR) is 59.2 cm³/mol. The summed E-state index contributed by atoms with van der Waals surface area (Å²) in [6.07, 6.45) is 1.68. The van der Waals surface area contributed by atoms with E-state index in [4.69, 9.17) is 4.42 Å². The van der Waals surface area contributed by atoms with Crippen molar-refractivity contribution in [2.75, 3.05) is 0 Å². The second kappa shape index (κ2) is 3.45. The standard InChI is InChI=1S/C11H14N2O3/c1-4-13-6-7-5-8(11(2,3)15)16-9(7)12-10(13)14/h5-6,15H,4H2,1-3H3. The fourth-order valence-corrected chi connectivity index (χ4v) is 1.48. The van der Waals surface area contributed by atoms with E-state index in [1.807, 2.05) is 6.92 Å². The summed E-state index contributed by atoms with van der Waals surface area (Å²) in [6, 6.07) is 1.70. The second-order valence-corrected chi connectivity index (χ2v) is 4.24. The molecule has 0 bridgehead atoms. The maximum Gasteiger partial charge on any atom is 0.350 e. The van der Waals surface area contributed by atoms with Gasteiger partial charge < -0.3 is 9.52 Å². The quantitative estimate of drug-likeness (QED) is 0.830. The van der Waals surface area contributed by atoms with Crippen LogP contribution in [0.15, 0.2) is 21.5 Å². The number of rotatable bonds is 2. The summed E-state index contributed by atoms with van der Waals surface area (Å²) in [5.74, 6) is 0.406. The average molecular weight is 222 g/mol. The molecule has 0 aliphatic carbocycles. The van der Waals surface area contributed by atoms with Crippen molar-refractivity contribution in [3.05, 3.63) is 28.5 Å². The lowest BCUT2D eigenvalue weighted by Crippen LogP contribution is -2.20. The Balaban J connectivity index is 2.67. The first-order valence-corrected chi connectivity index (χ1v) is 5.15. The predicted octanol–water partition coefficient (Wildman–Crippen LogP) is 1.24. The molecule has 2 heterocycles. The van der Waals surface area contributed by atoms with Gasteiger partial charge in [0.15, 0.2) is 0 Å². The van der Waals surface area contributed by atoms with Gasteiger partial charge in [0.25, 0.3) is 0 Å². The van der Waals surface area contributed by atoms with Crippen LogP contribution in [0, 0.1) is 0 Å². The molecular formula is C11H14N2O3. The van der Waals surface area contributed by atoms with Crippen LogP contribution >= 0.6 is 0 Å². The van der Waals surface area contributed by atoms with Crippen molar-refractivity contribution in [2.45, 2.75) is 32.9 Å². The average Bonchev–Trinajstić information content (AvgIpc) is 2.58. The third-order valence-corrected chi connectivity index (χ3v) is 2.42. The van der Waals surface area contributed by atoms with Crippen molar-refractivity contribution >= 4 is 11.1 Å². The van der Waals surface area contributed by atoms with Crippen molar-refractivity contribution in [1.82, 2.24) is 9.55 Å². The van der Waals surface area contributed by atoms with E-state index in [1.165, 1.54) is 4.57 Å². The molecule has 5 nitrogen and oxygen atoms in total. The minimum atomic E-state index is -1.07. The first-order valence-electron chi connectivity index (χ1n) is 5.15. The van der Waals surface area contributed by atoms with Crippen LogP contribution in [0.3, 0.4) is 0 Å². The van der Waals surface area contributed by atoms with E-state index in [9.17, 15) is 9.90 Å². The fraction of sp³-hybridized carbons (Fsp3) is 0.455. The highest BCUT2D eigenvalue weighted by Gasteiger charge is 2.21. The summed E-state index contributed by atoms with van der Waals surface area (Å²) >= 11 is 0. The van der Waals surface area contributed by atoms with Crippen LogP contribution in [0.2, 0.25) is 0 Å². The van der Waals surface area contributed by atoms with Gasteiger partial charge in [-0.25, -0.2) is 4.79 Å². The van der Waals surface area contributed by atoms with Gasteiger partial charge >= 0.3 is 5.69 Å². The Bertz CT molecular complexity index is 575. The number of furan rings is 1. The van der Waals surface area contributed by atoms with E-state index in [2.05, 4.69) is 4.98 Å². The van der Waals surface area contributed by atoms with Gasteiger partial charge in [0.2, 0.25) is 5.71 Å². The zero-order chi connectivity index (χ0) is 11.9. The number of aliphatic hydroxyl groups is 1. The molecule has 1 N–H and O–H groups in total. The summed E-state index contributed by atoms with van der Waals surface area (Å²) < 4.78 is 6.83. The van der Waals surface area contributed by atoms with Crippen molar-refractivity contribution in [3.63, 3.8) is 0 Å². The highest BCUT2D eigenvalue weighted by atomic mass is 16.4. The van der Waals surface area contributed by atoms with Gasteiger partial charge in [-0.1, -0.05) is 0 Å². The minimum Gasteiger partial charge on any atom is -0.439 e. The van der Waals surface area contributed by atoms with E-state index in [-0.39, 0.29) is 11.4 Å². The molecule has 2 aromatic heterocycles. The number of aryl methyl sites for hydroxylation is 1. The van der Waals surface area contributed by atoms with Gasteiger partial charge in [-0.2, -0.15) is 4.98 Å². The maximum absolute atomic E-state index is 11.5. The Morgan fingerprint density at radius 3 is 2.81 bits per heavy atom. The molecule has 0 aromatic carbocycles. The van der Waals surface area contributed by atoms with Crippen molar-refractivity contribution in [2.24, 2.45) is 0 Å². The van der Waals surface area contributed by atoms with Gasteiger partial charge in [-0.3, -0.25) is 4.57 Å². The van der Waals surface area contributed by atoms with Gasteiger partial charge in [0.05, 0.1) is 5.39 Å². The smallest absolute Gasteiger partial charge is 0.350 e. The van der Waals surface area contributed by atoms with Crippen molar-refractivity contribution < 1.29 is 9.52 Å². The Hall–Kier alpha value is -1.62. The highest BCUT2D eigenvalue weighted by Crippen LogP contribution is 2.25. The fourth-order valence-electron chi connectivity index (χ4n) is 1.48. The van der Waals surface area contributed by atoms with Gasteiger partial charge in [0, 0.05) is 12.7 Å². The molecule has 86 valence electrons. The second-order valence-electron chi connectivity index (χ2n) is 4.24. The third kappa shape index (κ3) is 1.74. The first-order chi connectivity index (χ1) is 7.41. The zero-order valence-electron chi connectivity index (χ0n) is 9.52. The van der Waals surface area contributed by atoms with E-state index >= 15 is 0 Å². The van der Waals surface area contributed by atoms with Crippen LogP contribution in [-0.4, -0.2) is 14.7 Å². The molecule has 0 aliphatic rings. The Kier molecular flexibility index (Phi) is 2.35. The lowest BCUT2D eigenvalue weighted by molar-refractivity contribution is 0.0556. The number of aromatic nitrogens is 2. The largest absolute Gasteiger partial charge is 0.439 e. The lowest BCUT2D eigenvalue weighted by atomic mass is 10.1. The van der Waals surface area contributed by atoms with E-state index in [1.54, 1.807) is 26.1 Å². The Morgan fingerprint density at radius 1 is 1.56 bits per heavy atom. The molecule has 0 fully saturated rings. The number of hydrogen-bond donors (Lipinski definition) is 1. The SMILES string of the molecule is CCn1cc2cc(C(C)(C)O)oc2nc1=O. The van der Waals surface area contributed by atoms with Crippen LogP contribution in [0.5, 0.6) is 0 Å². The monoisotopic (exact) mass is 222 g/mol. The Labute approximate surface area is 92.3 Å². The lowest BCUT2D eigenvalue weighted by Gasteiger charge is -2.12. The highest BCUT2D eigenvalue weighted by molar-refractivity contribution is 5.72. The molecule has 0 saturated heterocycles. The zero-order valence-corrected chi connectivity index (χ0v) is 9.52. The van der Waals surface area contributed by atoms with Gasteiger partial charge in [-0.15, -0.1) is 0 Å². The summed E-state index contributed by atoms with van der Waals surface area (Å²) in [7, 11) is 0. The Morgan fingerprint density at radius 2 is 2.25 bits per heavy atom. The van der Waals surface area contributed by atoms with Gasteiger partial charge in [-0.05, 0) is 26.8 Å². The van der Waals surface area contributed by atoms with Crippen LogP contribution in [0.1, 0.15) is 26.5 Å². The van der Waals surface area contributed by atoms with Crippen LogP contribution in [0.4, 0.5) is 0 Å². The first kappa shape index (κ1) is 10.9. The molecule has 0 radical (unpaired) electrons. The molecule has 0 atom stereocenters. The molecule has 0 spiro atoms.